The van der Waals surface area contributed by atoms with Gasteiger partial charge >= 0.3 is 35.8 Å². The van der Waals surface area contributed by atoms with Crippen molar-refractivity contribution in [1.82, 2.24) is 0 Å². The number of rotatable bonds is 5. The summed E-state index contributed by atoms with van der Waals surface area (Å²) in [4.78, 5) is 72.8. The van der Waals surface area contributed by atoms with Crippen LogP contribution in [-0.2, 0) is 57.2 Å². The van der Waals surface area contributed by atoms with Crippen LogP contribution in [0.3, 0.4) is 0 Å². The van der Waals surface area contributed by atoms with E-state index in [2.05, 4.69) is 0 Å². The van der Waals surface area contributed by atoms with Crippen LogP contribution in [0.15, 0.2) is 0 Å². The first-order chi connectivity index (χ1) is 16.3. The molecule has 2 unspecified atom stereocenters. The van der Waals surface area contributed by atoms with E-state index in [1.807, 2.05) is 0 Å². The van der Waals surface area contributed by atoms with Crippen LogP contribution in [0.2, 0.25) is 0 Å². The maximum atomic E-state index is 13.1. The van der Waals surface area contributed by atoms with Gasteiger partial charge < -0.3 is 34.2 Å². The molecule has 13 heteroatoms. The molecule has 4 aliphatic rings. The molecule has 0 bridgehead atoms. The Morgan fingerprint density at radius 1 is 0.771 bits per heavy atom. The van der Waals surface area contributed by atoms with Crippen LogP contribution in [0, 0.1) is 17.8 Å². The van der Waals surface area contributed by atoms with Crippen molar-refractivity contribution >= 4 is 35.8 Å². The van der Waals surface area contributed by atoms with Crippen LogP contribution in [0.1, 0.15) is 40.5 Å². The fourth-order valence-electron chi connectivity index (χ4n) is 6.04. The Labute approximate surface area is 199 Å². The normalized spacial score (nSPS) is 41.3. The second kappa shape index (κ2) is 8.77. The highest BCUT2D eigenvalue weighted by atomic mass is 16.6. The lowest BCUT2D eigenvalue weighted by atomic mass is 9.69. The molecule has 2 N–H and O–H groups in total. The third kappa shape index (κ3) is 4.11. The van der Waals surface area contributed by atoms with Gasteiger partial charge in [-0.3, -0.25) is 28.8 Å². The van der Waals surface area contributed by atoms with Crippen molar-refractivity contribution in [3.63, 3.8) is 0 Å². The Kier molecular flexibility index (Phi) is 6.24. The Balaban J connectivity index is 1.67. The van der Waals surface area contributed by atoms with Crippen LogP contribution >= 0.6 is 0 Å². The van der Waals surface area contributed by atoms with Gasteiger partial charge in [-0.2, -0.15) is 0 Å². The van der Waals surface area contributed by atoms with E-state index in [0.717, 1.165) is 6.92 Å². The number of ether oxygens (including phenoxy) is 6. The van der Waals surface area contributed by atoms with Gasteiger partial charge in [0.2, 0.25) is 0 Å². The number of hydrogen-bond donors (Lipinski definition) is 1. The molecule has 0 spiro atoms. The lowest BCUT2D eigenvalue weighted by Gasteiger charge is -2.32. The summed E-state index contributed by atoms with van der Waals surface area (Å²) in [6.07, 6.45) is -6.04. The average Bonchev–Trinajstić information content (AvgIpc) is 3.38. The molecule has 2 aliphatic heterocycles. The third-order valence-electron chi connectivity index (χ3n) is 7.09. The van der Waals surface area contributed by atoms with Crippen molar-refractivity contribution in [2.45, 2.75) is 82.7 Å². The summed E-state index contributed by atoms with van der Waals surface area (Å²) in [6.45, 7) is 4.70. The first-order valence-corrected chi connectivity index (χ1v) is 11.2. The minimum Gasteiger partial charge on any atom is -0.458 e. The van der Waals surface area contributed by atoms with E-state index in [9.17, 15) is 28.8 Å². The van der Waals surface area contributed by atoms with E-state index in [0.29, 0.717) is 0 Å². The van der Waals surface area contributed by atoms with Gasteiger partial charge in [0, 0.05) is 39.5 Å². The minimum absolute atomic E-state index is 0.00759. The molecule has 2 aliphatic carbocycles. The summed E-state index contributed by atoms with van der Waals surface area (Å²) in [5, 5.41) is 0. The number of hydrogen-bond acceptors (Lipinski definition) is 13. The second-order valence-corrected chi connectivity index (χ2v) is 9.37. The van der Waals surface area contributed by atoms with Crippen molar-refractivity contribution in [3.05, 3.63) is 0 Å². The average molecular weight is 497 g/mol. The summed E-state index contributed by atoms with van der Waals surface area (Å²) < 4.78 is 32.2. The van der Waals surface area contributed by atoms with E-state index in [1.54, 1.807) is 0 Å². The van der Waals surface area contributed by atoms with E-state index < -0.39 is 95.7 Å². The van der Waals surface area contributed by atoms with E-state index in [-0.39, 0.29) is 12.8 Å². The van der Waals surface area contributed by atoms with Gasteiger partial charge in [0.05, 0.1) is 5.92 Å². The summed E-state index contributed by atoms with van der Waals surface area (Å²) in [5.74, 6) is -7.13. The van der Waals surface area contributed by atoms with Crippen LogP contribution in [-0.4, -0.2) is 78.0 Å². The zero-order valence-electron chi connectivity index (χ0n) is 19.6. The van der Waals surface area contributed by atoms with Crippen LogP contribution in [0.5, 0.6) is 0 Å². The fraction of sp³-hybridized carbons (Fsp3) is 0.727. The number of carbonyl (C=O) groups is 6. The Bertz CT molecular complexity index is 979. The van der Waals surface area contributed by atoms with Crippen molar-refractivity contribution < 1.29 is 57.2 Å². The van der Waals surface area contributed by atoms with Gasteiger partial charge in [-0.05, 0) is 12.8 Å². The van der Waals surface area contributed by atoms with Crippen molar-refractivity contribution in [1.29, 1.82) is 0 Å². The smallest absolute Gasteiger partial charge is 0.327 e. The molecule has 4 fully saturated rings. The first kappa shape index (κ1) is 24.9. The monoisotopic (exact) mass is 497 g/mol. The number of fused-ring (bicyclic) bond motifs is 2. The molecule has 0 radical (unpaired) electrons. The highest BCUT2D eigenvalue weighted by Crippen LogP contribution is 2.54. The molecule has 10 atom stereocenters. The SMILES string of the molecule is CC(=O)O[C@H]1[C@@H]2OC(=O)C(N)(C3C(=O)O[C@H]4[C@H](OC(C)=O)[C@H](OC(C)=O)C[C@@H]34)[C@@H]2C[C@H]1OC(C)=O. The van der Waals surface area contributed by atoms with Gasteiger partial charge in [-0.15, -0.1) is 0 Å². The van der Waals surface area contributed by atoms with Crippen LogP contribution in [0.4, 0.5) is 0 Å². The van der Waals surface area contributed by atoms with Crippen molar-refractivity contribution in [2.75, 3.05) is 0 Å². The summed E-state index contributed by atoms with van der Waals surface area (Å²) >= 11 is 0. The highest BCUT2D eigenvalue weighted by molar-refractivity contribution is 5.92. The topological polar surface area (TPSA) is 184 Å². The zero-order valence-corrected chi connectivity index (χ0v) is 19.6. The molecule has 192 valence electrons. The highest BCUT2D eigenvalue weighted by Gasteiger charge is 2.73. The Hall–Kier alpha value is -3.22. The van der Waals surface area contributed by atoms with Gasteiger partial charge in [0.25, 0.3) is 0 Å². The molecular formula is C22H27NO12. The Morgan fingerprint density at radius 3 is 1.77 bits per heavy atom. The summed E-state index contributed by atoms with van der Waals surface area (Å²) in [5.41, 5.74) is 4.73. The second-order valence-electron chi connectivity index (χ2n) is 9.37. The molecule has 35 heavy (non-hydrogen) atoms. The maximum absolute atomic E-state index is 13.1. The van der Waals surface area contributed by atoms with E-state index in [1.165, 1.54) is 20.8 Å². The minimum atomic E-state index is -1.92. The predicted molar refractivity (Wildman–Crippen MR) is 109 cm³/mol. The van der Waals surface area contributed by atoms with Crippen LogP contribution in [0.25, 0.3) is 0 Å². The lowest BCUT2D eigenvalue weighted by molar-refractivity contribution is -0.174. The molecule has 2 saturated carbocycles. The number of carbonyl (C=O) groups excluding carboxylic acids is 6. The molecule has 13 nitrogen and oxygen atoms in total. The van der Waals surface area contributed by atoms with Gasteiger partial charge in [-0.1, -0.05) is 0 Å². The number of nitrogens with two attached hydrogens (primary N) is 1. The van der Waals surface area contributed by atoms with Gasteiger partial charge in [0.15, 0.2) is 12.2 Å². The maximum Gasteiger partial charge on any atom is 0.327 e. The Morgan fingerprint density at radius 2 is 1.26 bits per heavy atom. The van der Waals surface area contributed by atoms with Crippen LogP contribution < -0.4 is 5.73 Å². The largest absolute Gasteiger partial charge is 0.458 e. The van der Waals surface area contributed by atoms with Gasteiger partial charge in [0.1, 0.15) is 30.0 Å². The van der Waals surface area contributed by atoms with E-state index in [4.69, 9.17) is 34.2 Å². The standard InChI is InChI=1S/C22H27NO12/c1-7(24)30-13-5-11-15(20(28)34-16(11)18(13)32-9(3)26)22(23)12-6-14(31-8(2)25)19(33-10(4)27)17(12)35-21(22)29/h11-19H,5-6,23H2,1-4H3/t11-,12+,13+,14+,15?,16+,17+,18+,19+,22?/m0/s1. The molecule has 2 heterocycles. The van der Waals surface area contributed by atoms with Gasteiger partial charge in [-0.25, -0.2) is 0 Å². The third-order valence-corrected chi connectivity index (χ3v) is 7.09. The van der Waals surface area contributed by atoms with Crippen molar-refractivity contribution in [2.24, 2.45) is 23.5 Å². The summed E-state index contributed by atoms with van der Waals surface area (Å²) in [7, 11) is 0. The molecule has 4 rings (SSSR count). The predicted octanol–water partition coefficient (Wildman–Crippen LogP) is -1.08. The molecule has 0 aromatic heterocycles. The lowest BCUT2D eigenvalue weighted by Crippen LogP contribution is -2.59. The quantitative estimate of drug-likeness (QED) is 0.357. The van der Waals surface area contributed by atoms with E-state index >= 15 is 0 Å². The number of esters is 6. The first-order valence-electron chi connectivity index (χ1n) is 11.2. The molecule has 2 saturated heterocycles. The molecular weight excluding hydrogens is 470 g/mol. The fourth-order valence-corrected chi connectivity index (χ4v) is 6.04. The zero-order chi connectivity index (χ0) is 25.8. The molecule has 0 aromatic rings. The van der Waals surface area contributed by atoms with Crippen molar-refractivity contribution in [3.8, 4) is 0 Å². The summed E-state index contributed by atoms with van der Waals surface area (Å²) in [6, 6.07) is 0. The molecule has 0 amide bonds. The molecule has 0 aromatic carbocycles.